The minimum atomic E-state index is -0.897. The van der Waals surface area contributed by atoms with Crippen LogP contribution in [0.3, 0.4) is 0 Å². The fraction of sp³-hybridized carbons (Fsp3) is 0.429. The molecule has 1 N–H and O–H groups in total. The van der Waals surface area contributed by atoms with E-state index in [0.29, 0.717) is 0 Å². The van der Waals surface area contributed by atoms with E-state index >= 15 is 0 Å². The monoisotopic (exact) mass is 249 g/mol. The van der Waals surface area contributed by atoms with Crippen LogP contribution in [-0.2, 0) is 9.59 Å². The lowest BCUT2D eigenvalue weighted by molar-refractivity contribution is -0.140. The second-order valence-electron chi connectivity index (χ2n) is 4.59. The lowest BCUT2D eigenvalue weighted by Crippen LogP contribution is -2.36. The lowest BCUT2D eigenvalue weighted by atomic mass is 10.1. The van der Waals surface area contributed by atoms with E-state index in [4.69, 9.17) is 5.11 Å². The number of carbonyl (C=O) groups is 2. The average Bonchev–Trinajstić information content (AvgIpc) is 2.29. The quantitative estimate of drug-likeness (QED) is 0.891. The van der Waals surface area contributed by atoms with Crippen molar-refractivity contribution < 1.29 is 14.7 Å². The van der Waals surface area contributed by atoms with Crippen LogP contribution < -0.4 is 4.90 Å². The Bertz CT molecular complexity index is 468. The predicted molar refractivity (Wildman–Crippen MR) is 70.7 cm³/mol. The molecule has 0 bridgehead atoms. The third-order valence-corrected chi connectivity index (χ3v) is 3.12. The van der Waals surface area contributed by atoms with Crippen LogP contribution in [0.15, 0.2) is 18.2 Å². The number of anilines is 1. The molecule has 0 radical (unpaired) electrons. The zero-order valence-electron chi connectivity index (χ0n) is 11.2. The second-order valence-corrected chi connectivity index (χ2v) is 4.59. The van der Waals surface area contributed by atoms with Gasteiger partial charge in [-0.1, -0.05) is 19.1 Å². The summed E-state index contributed by atoms with van der Waals surface area (Å²) in [6.45, 7) is 7.15. The molecule has 18 heavy (non-hydrogen) atoms. The topological polar surface area (TPSA) is 57.6 Å². The molecule has 1 amide bonds. The van der Waals surface area contributed by atoms with E-state index in [2.05, 4.69) is 0 Å². The first-order chi connectivity index (χ1) is 8.34. The normalized spacial score (nSPS) is 12.0. The van der Waals surface area contributed by atoms with Crippen molar-refractivity contribution in [2.75, 3.05) is 11.4 Å². The zero-order valence-corrected chi connectivity index (χ0v) is 11.2. The molecular weight excluding hydrogens is 230 g/mol. The van der Waals surface area contributed by atoms with E-state index in [-0.39, 0.29) is 12.5 Å². The van der Waals surface area contributed by atoms with Gasteiger partial charge in [-0.2, -0.15) is 0 Å². The first-order valence-corrected chi connectivity index (χ1v) is 5.91. The minimum Gasteiger partial charge on any atom is -0.481 e. The van der Waals surface area contributed by atoms with Crippen molar-refractivity contribution in [2.24, 2.45) is 5.92 Å². The third kappa shape index (κ3) is 3.09. The predicted octanol–water partition coefficient (Wildman–Crippen LogP) is 2.38. The summed E-state index contributed by atoms with van der Waals surface area (Å²) < 4.78 is 0. The molecule has 4 nitrogen and oxygen atoms in total. The van der Waals surface area contributed by atoms with E-state index in [1.165, 1.54) is 11.8 Å². The molecule has 0 spiro atoms. The maximum atomic E-state index is 11.7. The maximum absolute atomic E-state index is 11.7. The fourth-order valence-corrected chi connectivity index (χ4v) is 1.78. The van der Waals surface area contributed by atoms with E-state index in [0.717, 1.165) is 16.8 Å². The smallest absolute Gasteiger partial charge is 0.308 e. The Hall–Kier alpha value is -1.84. The average molecular weight is 249 g/mol. The van der Waals surface area contributed by atoms with Crippen LogP contribution in [0.4, 0.5) is 5.69 Å². The number of benzene rings is 1. The summed E-state index contributed by atoms with van der Waals surface area (Å²) in [5, 5.41) is 8.95. The highest BCUT2D eigenvalue weighted by molar-refractivity contribution is 5.93. The SMILES string of the molecule is CC(=O)N(CC(C)C(=O)O)c1cccc(C)c1C. The van der Waals surface area contributed by atoms with Gasteiger partial charge in [0.05, 0.1) is 5.92 Å². The third-order valence-electron chi connectivity index (χ3n) is 3.12. The number of carboxylic acids is 1. The molecule has 0 aliphatic carbocycles. The molecule has 0 heterocycles. The molecule has 0 saturated heterocycles. The Kier molecular flexibility index (Phi) is 4.48. The second kappa shape index (κ2) is 5.67. The number of carboxylic acid groups (broad SMARTS) is 1. The summed E-state index contributed by atoms with van der Waals surface area (Å²) in [4.78, 5) is 24.1. The highest BCUT2D eigenvalue weighted by atomic mass is 16.4. The standard InChI is InChI=1S/C14H19NO3/c1-9-6-5-7-13(11(9)3)15(12(4)16)8-10(2)14(17)18/h5-7,10H,8H2,1-4H3,(H,17,18). The van der Waals surface area contributed by atoms with E-state index in [1.54, 1.807) is 6.92 Å². The van der Waals surface area contributed by atoms with Crippen LogP contribution in [-0.4, -0.2) is 23.5 Å². The van der Waals surface area contributed by atoms with Crippen molar-refractivity contribution in [3.63, 3.8) is 0 Å². The molecule has 0 fully saturated rings. The number of aryl methyl sites for hydroxylation is 1. The number of carbonyl (C=O) groups excluding carboxylic acids is 1. The van der Waals surface area contributed by atoms with Crippen LogP contribution >= 0.6 is 0 Å². The zero-order chi connectivity index (χ0) is 13.9. The van der Waals surface area contributed by atoms with E-state index in [9.17, 15) is 9.59 Å². The molecule has 1 rings (SSSR count). The van der Waals surface area contributed by atoms with Crippen molar-refractivity contribution in [3.8, 4) is 0 Å². The number of nitrogens with zero attached hydrogens (tertiary/aromatic N) is 1. The molecule has 0 aromatic heterocycles. The molecule has 4 heteroatoms. The number of amides is 1. The van der Waals surface area contributed by atoms with Gasteiger partial charge in [-0.25, -0.2) is 0 Å². The van der Waals surface area contributed by atoms with Gasteiger partial charge in [-0.15, -0.1) is 0 Å². The highest BCUT2D eigenvalue weighted by Gasteiger charge is 2.20. The molecule has 1 atom stereocenters. The van der Waals surface area contributed by atoms with E-state index in [1.807, 2.05) is 32.0 Å². The van der Waals surface area contributed by atoms with Crippen molar-refractivity contribution in [3.05, 3.63) is 29.3 Å². The molecule has 0 aliphatic heterocycles. The molecule has 1 unspecified atom stereocenters. The van der Waals surface area contributed by atoms with Crippen molar-refractivity contribution in [1.29, 1.82) is 0 Å². The van der Waals surface area contributed by atoms with Crippen LogP contribution in [0.1, 0.15) is 25.0 Å². The van der Waals surface area contributed by atoms with Gasteiger partial charge < -0.3 is 10.0 Å². The summed E-state index contributed by atoms with van der Waals surface area (Å²) in [5.41, 5.74) is 2.88. The molecule has 1 aromatic rings. The van der Waals surface area contributed by atoms with Gasteiger partial charge >= 0.3 is 5.97 Å². The lowest BCUT2D eigenvalue weighted by Gasteiger charge is -2.25. The first-order valence-electron chi connectivity index (χ1n) is 5.91. The van der Waals surface area contributed by atoms with Crippen LogP contribution in [0.5, 0.6) is 0 Å². The van der Waals surface area contributed by atoms with E-state index < -0.39 is 11.9 Å². The Morgan fingerprint density at radius 1 is 1.33 bits per heavy atom. The molecule has 1 aromatic carbocycles. The van der Waals surface area contributed by atoms with Gasteiger partial charge in [-0.05, 0) is 31.0 Å². The molecule has 98 valence electrons. The van der Waals surface area contributed by atoms with Crippen LogP contribution in [0, 0.1) is 19.8 Å². The Labute approximate surface area is 107 Å². The maximum Gasteiger partial charge on any atom is 0.308 e. The Balaban J connectivity index is 3.09. The summed E-state index contributed by atoms with van der Waals surface area (Å²) in [7, 11) is 0. The van der Waals surface area contributed by atoms with Gasteiger partial charge in [0.1, 0.15) is 0 Å². The summed E-state index contributed by atoms with van der Waals surface area (Å²) in [5.74, 6) is -1.63. The van der Waals surface area contributed by atoms with Crippen molar-refractivity contribution >= 4 is 17.6 Å². The van der Waals surface area contributed by atoms with Gasteiger partial charge in [0, 0.05) is 19.2 Å². The summed E-state index contributed by atoms with van der Waals surface area (Å²) in [6.07, 6.45) is 0. The van der Waals surface area contributed by atoms with Gasteiger partial charge in [-0.3, -0.25) is 9.59 Å². The van der Waals surface area contributed by atoms with Gasteiger partial charge in [0.25, 0.3) is 0 Å². The number of aliphatic carboxylic acids is 1. The van der Waals surface area contributed by atoms with Gasteiger partial charge in [0.2, 0.25) is 5.91 Å². The summed E-state index contributed by atoms with van der Waals surface area (Å²) in [6, 6.07) is 5.69. The Morgan fingerprint density at radius 2 is 1.94 bits per heavy atom. The fourth-order valence-electron chi connectivity index (χ4n) is 1.78. The Morgan fingerprint density at radius 3 is 2.44 bits per heavy atom. The molecular formula is C14H19NO3. The van der Waals surface area contributed by atoms with Crippen molar-refractivity contribution in [2.45, 2.75) is 27.7 Å². The highest BCUT2D eigenvalue weighted by Crippen LogP contribution is 2.23. The molecule has 0 aliphatic rings. The van der Waals surface area contributed by atoms with Crippen LogP contribution in [0.2, 0.25) is 0 Å². The number of hydrogen-bond donors (Lipinski definition) is 1. The largest absolute Gasteiger partial charge is 0.481 e. The molecule has 0 saturated carbocycles. The van der Waals surface area contributed by atoms with Gasteiger partial charge in [0.15, 0.2) is 0 Å². The van der Waals surface area contributed by atoms with Crippen molar-refractivity contribution in [1.82, 2.24) is 0 Å². The number of hydrogen-bond acceptors (Lipinski definition) is 2. The first kappa shape index (κ1) is 14.2. The number of rotatable bonds is 4. The summed E-state index contributed by atoms with van der Waals surface area (Å²) >= 11 is 0. The minimum absolute atomic E-state index is 0.142. The van der Waals surface area contributed by atoms with Crippen LogP contribution in [0.25, 0.3) is 0 Å².